The largest absolute Gasteiger partial charge is 0.496 e. The van der Waals surface area contributed by atoms with Crippen LogP contribution in [-0.4, -0.2) is 7.11 Å². The van der Waals surface area contributed by atoms with Gasteiger partial charge in [0, 0.05) is 9.85 Å². The monoisotopic (exact) mass is 352 g/mol. The smallest absolute Gasteiger partial charge is 0.122 e. The molecule has 3 heteroatoms. The average molecular weight is 354 g/mol. The Bertz CT molecular complexity index is 610. The second kappa shape index (κ2) is 6.64. The van der Waals surface area contributed by atoms with Crippen molar-refractivity contribution in [1.82, 2.24) is 0 Å². The molecule has 2 aromatic rings. The van der Waals surface area contributed by atoms with Crippen LogP contribution < -0.4 is 4.74 Å². The second-order valence-corrected chi connectivity index (χ2v) is 6.45. The molecule has 0 saturated heterocycles. The molecule has 0 saturated carbocycles. The van der Waals surface area contributed by atoms with E-state index in [1.165, 1.54) is 16.7 Å². The Morgan fingerprint density at radius 3 is 2.55 bits per heavy atom. The Balaban J connectivity index is 2.28. The van der Waals surface area contributed by atoms with Crippen molar-refractivity contribution in [3.05, 3.63) is 63.7 Å². The predicted octanol–water partition coefficient (Wildman–Crippen LogP) is 5.64. The van der Waals surface area contributed by atoms with Crippen molar-refractivity contribution in [3.63, 3.8) is 0 Å². The van der Waals surface area contributed by atoms with Crippen molar-refractivity contribution in [3.8, 4) is 5.75 Å². The van der Waals surface area contributed by atoms with Crippen molar-refractivity contribution >= 4 is 27.5 Å². The maximum atomic E-state index is 6.16. The van der Waals surface area contributed by atoms with E-state index in [0.29, 0.717) is 0 Å². The van der Waals surface area contributed by atoms with E-state index < -0.39 is 0 Å². The molecule has 20 heavy (non-hydrogen) atoms. The molecule has 2 aromatic carbocycles. The second-order valence-electron chi connectivity index (χ2n) is 4.94. The third-order valence-electron chi connectivity index (χ3n) is 3.48. The lowest BCUT2D eigenvalue weighted by Crippen LogP contribution is -2.01. The number of hydrogen-bond acceptors (Lipinski definition) is 1. The number of benzene rings is 2. The molecule has 0 bridgehead atoms. The molecule has 1 unspecified atom stereocenters. The van der Waals surface area contributed by atoms with Gasteiger partial charge in [0.25, 0.3) is 0 Å². The van der Waals surface area contributed by atoms with Gasteiger partial charge in [-0.3, -0.25) is 0 Å². The standard InChI is InChI=1S/C17H18BrClO/c1-11-9-16(19)12(2)8-14(11)15(18)10-13-6-4-5-7-17(13)20-3/h4-9,15H,10H2,1-3H3. The van der Waals surface area contributed by atoms with Crippen LogP contribution in [0.5, 0.6) is 5.75 Å². The fourth-order valence-electron chi connectivity index (χ4n) is 2.32. The van der Waals surface area contributed by atoms with Crippen molar-refractivity contribution in [2.45, 2.75) is 25.1 Å². The molecule has 0 fully saturated rings. The van der Waals surface area contributed by atoms with Crippen molar-refractivity contribution in [1.29, 1.82) is 0 Å². The SMILES string of the molecule is COc1ccccc1CC(Br)c1cc(C)c(Cl)cc1C. The highest BCUT2D eigenvalue weighted by molar-refractivity contribution is 9.09. The Labute approximate surface area is 134 Å². The summed E-state index contributed by atoms with van der Waals surface area (Å²) in [6.07, 6.45) is 0.881. The molecule has 0 aliphatic heterocycles. The van der Waals surface area contributed by atoms with Crippen LogP contribution in [0.4, 0.5) is 0 Å². The Kier molecular flexibility index (Phi) is 5.11. The first-order valence-corrected chi connectivity index (χ1v) is 7.85. The molecule has 2 rings (SSSR count). The fourth-order valence-corrected chi connectivity index (χ4v) is 3.38. The summed E-state index contributed by atoms with van der Waals surface area (Å²) in [5.74, 6) is 0.931. The number of halogens is 2. The van der Waals surface area contributed by atoms with E-state index in [4.69, 9.17) is 16.3 Å². The molecule has 0 amide bonds. The number of methoxy groups -OCH3 is 1. The molecule has 0 aliphatic carbocycles. The molecule has 0 N–H and O–H groups in total. The number of hydrogen-bond donors (Lipinski definition) is 0. The van der Waals surface area contributed by atoms with Crippen LogP contribution >= 0.6 is 27.5 Å². The first-order valence-electron chi connectivity index (χ1n) is 6.55. The summed E-state index contributed by atoms with van der Waals surface area (Å²) in [6.45, 7) is 4.13. The molecule has 1 atom stereocenters. The first-order chi connectivity index (χ1) is 9.52. The van der Waals surface area contributed by atoms with Gasteiger partial charge in [0.2, 0.25) is 0 Å². The molecule has 0 heterocycles. The highest BCUT2D eigenvalue weighted by Gasteiger charge is 2.15. The average Bonchev–Trinajstić information content (AvgIpc) is 2.43. The number of alkyl halides is 1. The molecule has 0 radical (unpaired) electrons. The lowest BCUT2D eigenvalue weighted by atomic mass is 9.98. The van der Waals surface area contributed by atoms with Crippen LogP contribution in [0.15, 0.2) is 36.4 Å². The third kappa shape index (κ3) is 3.36. The van der Waals surface area contributed by atoms with Crippen molar-refractivity contribution in [2.24, 2.45) is 0 Å². The van der Waals surface area contributed by atoms with Crippen molar-refractivity contribution < 1.29 is 4.74 Å². The highest BCUT2D eigenvalue weighted by Crippen LogP contribution is 2.34. The summed E-state index contributed by atoms with van der Waals surface area (Å²) >= 11 is 9.96. The number of para-hydroxylation sites is 1. The van der Waals surface area contributed by atoms with Crippen molar-refractivity contribution in [2.75, 3.05) is 7.11 Å². The minimum absolute atomic E-state index is 0.245. The Morgan fingerprint density at radius 2 is 1.85 bits per heavy atom. The molecular formula is C17H18BrClO. The van der Waals surface area contributed by atoms with Gasteiger partial charge in [0.1, 0.15) is 5.75 Å². The number of aryl methyl sites for hydroxylation is 2. The van der Waals surface area contributed by atoms with Gasteiger partial charge < -0.3 is 4.74 Å². The van der Waals surface area contributed by atoms with Gasteiger partial charge in [-0.1, -0.05) is 51.8 Å². The van der Waals surface area contributed by atoms with Gasteiger partial charge in [-0.25, -0.2) is 0 Å². The predicted molar refractivity (Wildman–Crippen MR) is 89.3 cm³/mol. The summed E-state index contributed by atoms with van der Waals surface area (Å²) in [7, 11) is 1.71. The van der Waals surface area contributed by atoms with E-state index in [-0.39, 0.29) is 4.83 Å². The van der Waals surface area contributed by atoms with Crippen LogP contribution in [0.3, 0.4) is 0 Å². The van der Waals surface area contributed by atoms with Crippen LogP contribution in [0.1, 0.15) is 27.1 Å². The summed E-state index contributed by atoms with van der Waals surface area (Å²) in [4.78, 5) is 0.245. The minimum Gasteiger partial charge on any atom is -0.496 e. The molecule has 0 aromatic heterocycles. The zero-order valence-corrected chi connectivity index (χ0v) is 14.3. The van der Waals surface area contributed by atoms with Gasteiger partial charge in [0.05, 0.1) is 7.11 Å². The van der Waals surface area contributed by atoms with Gasteiger partial charge >= 0.3 is 0 Å². The summed E-state index contributed by atoms with van der Waals surface area (Å²) in [6, 6.07) is 12.3. The first kappa shape index (κ1) is 15.4. The van der Waals surface area contributed by atoms with Gasteiger partial charge in [-0.05, 0) is 54.7 Å². The van der Waals surface area contributed by atoms with Gasteiger partial charge in [0.15, 0.2) is 0 Å². The van der Waals surface area contributed by atoms with E-state index in [0.717, 1.165) is 22.8 Å². The Morgan fingerprint density at radius 1 is 1.15 bits per heavy atom. The van der Waals surface area contributed by atoms with Gasteiger partial charge in [-0.2, -0.15) is 0 Å². The maximum absolute atomic E-state index is 6.16. The fraction of sp³-hybridized carbons (Fsp3) is 0.294. The molecular weight excluding hydrogens is 336 g/mol. The summed E-state index contributed by atoms with van der Waals surface area (Å²) in [5.41, 5.74) is 4.79. The molecule has 0 aliphatic rings. The molecule has 106 valence electrons. The van der Waals surface area contributed by atoms with Gasteiger partial charge in [-0.15, -0.1) is 0 Å². The highest BCUT2D eigenvalue weighted by atomic mass is 79.9. The van der Waals surface area contributed by atoms with Crippen LogP contribution in [-0.2, 0) is 6.42 Å². The van der Waals surface area contributed by atoms with Crippen LogP contribution in [0, 0.1) is 13.8 Å². The third-order valence-corrected chi connectivity index (χ3v) is 4.70. The van der Waals surface area contributed by atoms with E-state index in [1.54, 1.807) is 7.11 Å². The van der Waals surface area contributed by atoms with E-state index >= 15 is 0 Å². The van der Waals surface area contributed by atoms with E-state index in [9.17, 15) is 0 Å². The van der Waals surface area contributed by atoms with E-state index in [1.807, 2.05) is 31.2 Å². The zero-order valence-electron chi connectivity index (χ0n) is 11.9. The van der Waals surface area contributed by atoms with Crippen LogP contribution in [0.25, 0.3) is 0 Å². The normalized spacial score (nSPS) is 12.2. The quantitative estimate of drug-likeness (QED) is 0.646. The molecule has 1 nitrogen and oxygen atoms in total. The maximum Gasteiger partial charge on any atom is 0.122 e. The number of rotatable bonds is 4. The summed E-state index contributed by atoms with van der Waals surface area (Å²) < 4.78 is 5.41. The van der Waals surface area contributed by atoms with Crippen LogP contribution in [0.2, 0.25) is 5.02 Å². The lowest BCUT2D eigenvalue weighted by molar-refractivity contribution is 0.409. The topological polar surface area (TPSA) is 9.23 Å². The summed E-state index contributed by atoms with van der Waals surface area (Å²) in [5, 5.41) is 0.822. The van der Waals surface area contributed by atoms with E-state index in [2.05, 4.69) is 35.0 Å². The lowest BCUT2D eigenvalue weighted by Gasteiger charge is -2.16. The number of ether oxygens (including phenoxy) is 1. The minimum atomic E-state index is 0.245. The molecule has 0 spiro atoms. The Hall–Kier alpha value is -0.990. The zero-order chi connectivity index (χ0) is 14.7.